The molecule has 0 amide bonds. The zero-order chi connectivity index (χ0) is 7.68. The molecule has 0 aliphatic heterocycles. The van der Waals surface area contributed by atoms with Crippen molar-refractivity contribution in [3.05, 3.63) is 29.2 Å². The molecule has 1 nitrogen and oxygen atoms in total. The summed E-state index contributed by atoms with van der Waals surface area (Å²) in [5.41, 5.74) is 0. The van der Waals surface area contributed by atoms with Crippen LogP contribution in [0, 0.1) is 0 Å². The molecule has 2 heteroatoms. The average Bonchev–Trinajstić information content (AvgIpc) is 2.50. The molecule has 0 bridgehead atoms. The molecule has 0 aliphatic carbocycles. The third-order valence-corrected chi connectivity index (χ3v) is 3.64. The van der Waals surface area contributed by atoms with Crippen LogP contribution < -0.4 is 4.74 Å². The Hall–Kier alpha value is -0.721. The second kappa shape index (κ2) is 2.72. The molecular formula is C9H8OSe. The zero-order valence-electron chi connectivity index (χ0n) is 6.20. The van der Waals surface area contributed by atoms with Crippen LogP contribution >= 0.6 is 0 Å². The van der Waals surface area contributed by atoms with Crippen molar-refractivity contribution < 1.29 is 4.74 Å². The Labute approximate surface area is 71.3 Å². The fourth-order valence-corrected chi connectivity index (χ4v) is 2.99. The summed E-state index contributed by atoms with van der Waals surface area (Å²) < 4.78 is 6.61. The number of rotatable bonds is 1. The van der Waals surface area contributed by atoms with Gasteiger partial charge >= 0.3 is 71.0 Å². The molecule has 0 spiro atoms. The van der Waals surface area contributed by atoms with Gasteiger partial charge in [-0.15, -0.1) is 0 Å². The van der Waals surface area contributed by atoms with Gasteiger partial charge in [-0.1, -0.05) is 0 Å². The minimum absolute atomic E-state index is 0.488. The van der Waals surface area contributed by atoms with Crippen molar-refractivity contribution in [2.45, 2.75) is 0 Å². The van der Waals surface area contributed by atoms with Gasteiger partial charge in [0.1, 0.15) is 0 Å². The summed E-state index contributed by atoms with van der Waals surface area (Å²) in [4.78, 5) is 2.22. The molecule has 11 heavy (non-hydrogen) atoms. The first-order valence-corrected chi connectivity index (χ1v) is 5.26. The normalized spacial score (nSPS) is 10.3. The van der Waals surface area contributed by atoms with E-state index in [0.29, 0.717) is 14.5 Å². The van der Waals surface area contributed by atoms with Gasteiger partial charge in [0.2, 0.25) is 0 Å². The van der Waals surface area contributed by atoms with Crippen molar-refractivity contribution >= 4 is 24.1 Å². The molecule has 0 N–H and O–H groups in total. The van der Waals surface area contributed by atoms with Gasteiger partial charge in [-0.2, -0.15) is 0 Å². The Morgan fingerprint density at radius 3 is 3.00 bits per heavy atom. The molecule has 1 aromatic heterocycles. The van der Waals surface area contributed by atoms with Gasteiger partial charge in [-0.05, 0) is 0 Å². The van der Waals surface area contributed by atoms with Gasteiger partial charge in [0.15, 0.2) is 0 Å². The molecule has 2 rings (SSSR count). The summed E-state index contributed by atoms with van der Waals surface area (Å²) >= 11 is 0.488. The second-order valence-corrected chi connectivity index (χ2v) is 4.22. The summed E-state index contributed by atoms with van der Waals surface area (Å²) in [5.74, 6) is 1.03. The van der Waals surface area contributed by atoms with E-state index in [1.54, 1.807) is 7.11 Å². The molecule has 0 fully saturated rings. The van der Waals surface area contributed by atoms with Crippen molar-refractivity contribution in [1.82, 2.24) is 0 Å². The number of hydrogen-bond donors (Lipinski definition) is 0. The Balaban J connectivity index is 2.79. The van der Waals surface area contributed by atoms with Crippen LogP contribution in [0.15, 0.2) is 29.2 Å². The monoisotopic (exact) mass is 212 g/mol. The molecule has 0 aliphatic rings. The Morgan fingerprint density at radius 1 is 1.27 bits per heavy atom. The quantitative estimate of drug-likeness (QED) is 0.654. The van der Waals surface area contributed by atoms with E-state index in [9.17, 15) is 0 Å². The third kappa shape index (κ3) is 1.09. The fourth-order valence-electron chi connectivity index (χ4n) is 1.13. The van der Waals surface area contributed by atoms with E-state index in [-0.39, 0.29) is 0 Å². The predicted molar refractivity (Wildman–Crippen MR) is 47.4 cm³/mol. The van der Waals surface area contributed by atoms with Crippen LogP contribution in [0.4, 0.5) is 0 Å². The first-order chi connectivity index (χ1) is 5.42. The van der Waals surface area contributed by atoms with Gasteiger partial charge in [0.25, 0.3) is 0 Å². The molecule has 0 unspecified atom stereocenters. The van der Waals surface area contributed by atoms with Crippen molar-refractivity contribution in [2.75, 3.05) is 7.11 Å². The van der Waals surface area contributed by atoms with Crippen LogP contribution in [0.2, 0.25) is 0 Å². The Kier molecular flexibility index (Phi) is 1.72. The van der Waals surface area contributed by atoms with Crippen molar-refractivity contribution in [3.8, 4) is 5.75 Å². The number of fused-ring (bicyclic) bond motifs is 1. The third-order valence-electron chi connectivity index (χ3n) is 1.66. The average molecular weight is 211 g/mol. The van der Waals surface area contributed by atoms with Gasteiger partial charge in [0.05, 0.1) is 0 Å². The van der Waals surface area contributed by atoms with Crippen LogP contribution in [0.25, 0.3) is 9.65 Å². The van der Waals surface area contributed by atoms with Crippen LogP contribution in [-0.2, 0) is 0 Å². The summed E-state index contributed by atoms with van der Waals surface area (Å²) in [6.45, 7) is 0. The van der Waals surface area contributed by atoms with Crippen molar-refractivity contribution in [3.63, 3.8) is 0 Å². The fraction of sp³-hybridized carbons (Fsp3) is 0.111. The summed E-state index contributed by atoms with van der Waals surface area (Å²) in [7, 11) is 1.73. The van der Waals surface area contributed by atoms with Crippen LogP contribution in [0.5, 0.6) is 5.75 Å². The molecule has 0 saturated carbocycles. The van der Waals surface area contributed by atoms with Crippen molar-refractivity contribution in [1.29, 1.82) is 0 Å². The molecule has 1 heterocycles. The van der Waals surface area contributed by atoms with Crippen LogP contribution in [0.1, 0.15) is 0 Å². The van der Waals surface area contributed by atoms with Crippen molar-refractivity contribution in [2.24, 2.45) is 0 Å². The van der Waals surface area contributed by atoms with E-state index < -0.39 is 0 Å². The van der Waals surface area contributed by atoms with Gasteiger partial charge in [0, 0.05) is 0 Å². The SMILES string of the molecule is COc1cccc2cc[se]c12. The van der Waals surface area contributed by atoms with E-state index in [0.717, 1.165) is 5.75 Å². The number of benzene rings is 1. The predicted octanol–water partition coefficient (Wildman–Crippen LogP) is 1.91. The van der Waals surface area contributed by atoms with E-state index in [4.69, 9.17) is 4.74 Å². The molecule has 0 radical (unpaired) electrons. The maximum absolute atomic E-state index is 5.23. The van der Waals surface area contributed by atoms with Gasteiger partial charge in [-0.25, -0.2) is 0 Å². The maximum atomic E-state index is 5.23. The summed E-state index contributed by atoms with van der Waals surface area (Å²) in [6.07, 6.45) is 0. The van der Waals surface area contributed by atoms with Gasteiger partial charge < -0.3 is 0 Å². The summed E-state index contributed by atoms with van der Waals surface area (Å²) in [6, 6.07) is 8.35. The molecule has 2 aromatic rings. The van der Waals surface area contributed by atoms with E-state index in [2.05, 4.69) is 17.1 Å². The van der Waals surface area contributed by atoms with Crippen LogP contribution in [0.3, 0.4) is 0 Å². The molecular weight excluding hydrogens is 203 g/mol. The van der Waals surface area contributed by atoms with E-state index >= 15 is 0 Å². The zero-order valence-corrected chi connectivity index (χ0v) is 7.92. The van der Waals surface area contributed by atoms with E-state index in [1.807, 2.05) is 12.1 Å². The van der Waals surface area contributed by atoms with E-state index in [1.165, 1.54) is 9.65 Å². The first kappa shape index (κ1) is 6.96. The summed E-state index contributed by atoms with van der Waals surface area (Å²) in [5, 5.41) is 1.32. The number of hydrogen-bond acceptors (Lipinski definition) is 1. The Morgan fingerprint density at radius 2 is 2.18 bits per heavy atom. The number of methoxy groups -OCH3 is 1. The Bertz CT molecular complexity index is 364. The second-order valence-electron chi connectivity index (χ2n) is 2.30. The minimum atomic E-state index is 0.488. The standard InChI is InChI=1S/C9H8OSe/c1-10-8-4-2-3-7-5-6-11-9(7)8/h2-6H,1H3. The van der Waals surface area contributed by atoms with Gasteiger partial charge in [-0.3, -0.25) is 0 Å². The molecule has 1 aromatic carbocycles. The number of ether oxygens (including phenoxy) is 1. The first-order valence-electron chi connectivity index (χ1n) is 3.42. The topological polar surface area (TPSA) is 9.23 Å². The molecule has 0 saturated heterocycles. The molecule has 56 valence electrons. The molecule has 0 atom stereocenters. The van der Waals surface area contributed by atoms with Crippen LogP contribution in [-0.4, -0.2) is 21.6 Å².